The molecule has 0 aromatic carbocycles. The Morgan fingerprint density at radius 1 is 1.46 bits per heavy atom. The first-order valence-corrected chi connectivity index (χ1v) is 3.87. The minimum atomic E-state index is -5.04. The van der Waals surface area contributed by atoms with Gasteiger partial charge in [-0.05, 0) is 0 Å². The van der Waals surface area contributed by atoms with Gasteiger partial charge in [-0.25, -0.2) is 4.79 Å². The zero-order valence-electron chi connectivity index (χ0n) is 7.39. The third kappa shape index (κ3) is 16.0. The molecule has 0 radical (unpaired) electrons. The van der Waals surface area contributed by atoms with Gasteiger partial charge in [0.15, 0.2) is 6.79 Å². The molecule has 9 heteroatoms. The van der Waals surface area contributed by atoms with Gasteiger partial charge in [-0.2, -0.15) is 0 Å². The summed E-state index contributed by atoms with van der Waals surface area (Å²) in [7, 11) is -5.04. The van der Waals surface area contributed by atoms with Crippen LogP contribution >= 0.6 is 7.82 Å². The Hall–Kier alpha value is 1.32. The van der Waals surface area contributed by atoms with Gasteiger partial charge in [-0.1, -0.05) is 6.58 Å². The van der Waals surface area contributed by atoms with Crippen molar-refractivity contribution >= 4 is 13.8 Å². The second kappa shape index (κ2) is 9.86. The van der Waals surface area contributed by atoms with Crippen molar-refractivity contribution in [1.82, 2.24) is 0 Å². The van der Waals surface area contributed by atoms with Gasteiger partial charge in [0, 0.05) is 6.08 Å². The van der Waals surface area contributed by atoms with E-state index in [1.807, 2.05) is 0 Å². The third-order valence-corrected chi connectivity index (χ3v) is 1.00. The van der Waals surface area contributed by atoms with E-state index >= 15 is 0 Å². The summed E-state index contributed by atoms with van der Waals surface area (Å²) >= 11 is 0. The molecule has 13 heavy (non-hydrogen) atoms. The molecule has 0 amide bonds. The first kappa shape index (κ1) is 19.8. The second-order valence-electron chi connectivity index (χ2n) is 1.36. The summed E-state index contributed by atoms with van der Waals surface area (Å²) in [6.45, 7) is 2.11. The molecule has 0 aromatic heterocycles. The van der Waals surface area contributed by atoms with Crippen molar-refractivity contribution in [2.24, 2.45) is 0 Å². The normalized spacial score (nSPS) is 9.08. The minimum absolute atomic E-state index is 0. The molecule has 64 valence electrons. The molecule has 0 N–H and O–H groups in total. The Morgan fingerprint density at radius 3 is 2.23 bits per heavy atom. The molecular weight excluding hydrogens is 221 g/mol. The molecule has 0 aliphatic carbocycles. The third-order valence-electron chi connectivity index (χ3n) is 0.579. The van der Waals surface area contributed by atoms with E-state index in [-0.39, 0.29) is 59.1 Å². The summed E-state index contributed by atoms with van der Waals surface area (Å²) in [6, 6.07) is 0. The van der Waals surface area contributed by atoms with Gasteiger partial charge in [-0.15, -0.1) is 0 Å². The Labute approximate surface area is 119 Å². The molecule has 0 aliphatic heterocycles. The number of phosphoric acid groups is 1. The zero-order valence-corrected chi connectivity index (χ0v) is 12.3. The summed E-state index contributed by atoms with van der Waals surface area (Å²) in [5, 5.41) is 0. The molecule has 0 saturated carbocycles. The number of rotatable bonds is 4. The monoisotopic (exact) mass is 226 g/mol. The van der Waals surface area contributed by atoms with E-state index in [9.17, 15) is 19.1 Å². The van der Waals surface area contributed by atoms with Crippen LogP contribution < -0.4 is 68.9 Å². The van der Waals surface area contributed by atoms with Crippen LogP contribution in [0.25, 0.3) is 0 Å². The van der Waals surface area contributed by atoms with Gasteiger partial charge in [0.05, 0.1) is 7.82 Å². The predicted octanol–water partition coefficient (Wildman–Crippen LogP) is -7.47. The van der Waals surface area contributed by atoms with Crippen molar-refractivity contribution in [3.05, 3.63) is 12.7 Å². The van der Waals surface area contributed by atoms with E-state index in [4.69, 9.17) is 0 Å². The van der Waals surface area contributed by atoms with Gasteiger partial charge < -0.3 is 23.6 Å². The minimum Gasteiger partial charge on any atom is -0.790 e. The maximum atomic E-state index is 10.2. The number of ether oxygens (including phenoxy) is 1. The molecule has 0 fully saturated rings. The molecule has 0 spiro atoms. The first-order chi connectivity index (χ1) is 4.95. The predicted molar refractivity (Wildman–Crippen MR) is 29.8 cm³/mol. The van der Waals surface area contributed by atoms with E-state index in [2.05, 4.69) is 15.8 Å². The fourth-order valence-electron chi connectivity index (χ4n) is 0.208. The van der Waals surface area contributed by atoms with Crippen LogP contribution in [0.15, 0.2) is 12.7 Å². The molecule has 0 aliphatic rings. The zero-order chi connectivity index (χ0) is 8.91. The number of phosphoric ester groups is 1. The average Bonchev–Trinajstić information content (AvgIpc) is 1.85. The van der Waals surface area contributed by atoms with Crippen LogP contribution in [0.1, 0.15) is 0 Å². The van der Waals surface area contributed by atoms with Crippen LogP contribution in [-0.2, 0) is 18.6 Å². The van der Waals surface area contributed by atoms with E-state index in [0.717, 1.165) is 6.08 Å². The van der Waals surface area contributed by atoms with E-state index in [0.29, 0.717) is 0 Å². The van der Waals surface area contributed by atoms with Crippen molar-refractivity contribution in [1.29, 1.82) is 0 Å². The Morgan fingerprint density at radius 2 is 1.92 bits per heavy atom. The van der Waals surface area contributed by atoms with Crippen molar-refractivity contribution in [3.8, 4) is 0 Å². The topological polar surface area (TPSA) is 98.7 Å². The number of hydrogen-bond acceptors (Lipinski definition) is 6. The largest absolute Gasteiger partial charge is 1.00 e. The number of carbonyl (C=O) groups is 1. The summed E-state index contributed by atoms with van der Waals surface area (Å²) in [6.07, 6.45) is 0.809. The maximum absolute atomic E-state index is 10.2. The molecular formula is C4H5Na2O6P. The Kier molecular flexibility index (Phi) is 15.0. The quantitative estimate of drug-likeness (QED) is 0.155. The van der Waals surface area contributed by atoms with Crippen molar-refractivity contribution in [3.63, 3.8) is 0 Å². The Bertz CT molecular complexity index is 201. The average molecular weight is 226 g/mol. The fraction of sp³-hybridized carbons (Fsp3) is 0.250. The molecule has 0 saturated heterocycles. The molecule has 0 aromatic rings. The second-order valence-corrected chi connectivity index (χ2v) is 2.51. The molecule has 0 atom stereocenters. The molecule has 0 bridgehead atoms. The van der Waals surface area contributed by atoms with Crippen molar-refractivity contribution in [2.75, 3.05) is 6.79 Å². The number of esters is 1. The summed E-state index contributed by atoms with van der Waals surface area (Å²) in [5.74, 6) is -0.863. The van der Waals surface area contributed by atoms with Crippen molar-refractivity contribution in [2.45, 2.75) is 0 Å². The van der Waals surface area contributed by atoms with Crippen LogP contribution in [-0.4, -0.2) is 12.8 Å². The van der Waals surface area contributed by atoms with Gasteiger partial charge in [-0.3, -0.25) is 0 Å². The first-order valence-electron chi connectivity index (χ1n) is 2.41. The summed E-state index contributed by atoms with van der Waals surface area (Å²) < 4.78 is 17.3. The van der Waals surface area contributed by atoms with Gasteiger partial charge >= 0.3 is 65.1 Å². The summed E-state index contributed by atoms with van der Waals surface area (Å²) in [5.41, 5.74) is 0. The number of carbonyl (C=O) groups excluding carboxylic acids is 1. The maximum Gasteiger partial charge on any atom is 1.00 e. The smallest absolute Gasteiger partial charge is 0.790 e. The van der Waals surface area contributed by atoms with Crippen LogP contribution in [0.3, 0.4) is 0 Å². The standard InChI is InChI=1S/C4H7O6P.2Na/c1-2-4(5)9-3-10-11(6,7)8;;/h2H,1,3H2,(H2,6,7,8);;/q;2*+1/p-2. The van der Waals surface area contributed by atoms with Crippen LogP contribution in [0, 0.1) is 0 Å². The van der Waals surface area contributed by atoms with Crippen molar-refractivity contribution < 1.29 is 87.5 Å². The van der Waals surface area contributed by atoms with Crippen LogP contribution in [0.2, 0.25) is 0 Å². The van der Waals surface area contributed by atoms with E-state index < -0.39 is 20.6 Å². The molecule has 0 heterocycles. The Balaban J connectivity index is -0.000000500. The summed E-state index contributed by atoms with van der Waals surface area (Å²) in [4.78, 5) is 29.7. The molecule has 6 nitrogen and oxygen atoms in total. The van der Waals surface area contributed by atoms with E-state index in [1.54, 1.807) is 0 Å². The van der Waals surface area contributed by atoms with Crippen LogP contribution in [0.5, 0.6) is 0 Å². The van der Waals surface area contributed by atoms with Gasteiger partial charge in [0.25, 0.3) is 0 Å². The van der Waals surface area contributed by atoms with Gasteiger partial charge in [0.2, 0.25) is 0 Å². The SMILES string of the molecule is C=CC(=O)OCOP(=O)([O-])[O-].[Na+].[Na+]. The molecule has 0 rings (SSSR count). The van der Waals surface area contributed by atoms with Gasteiger partial charge in [0.1, 0.15) is 0 Å². The number of hydrogen-bond donors (Lipinski definition) is 0. The van der Waals surface area contributed by atoms with Crippen LogP contribution in [0.4, 0.5) is 0 Å². The molecule has 0 unspecified atom stereocenters. The van der Waals surface area contributed by atoms with E-state index in [1.165, 1.54) is 0 Å². The fourth-order valence-corrected chi connectivity index (χ4v) is 0.390.